The number of carbonyl (C=O) groups excluding carboxylic acids is 3. The Morgan fingerprint density at radius 3 is 1.29 bits per heavy atom. The number of aliphatic hydroxyl groups is 1. The van der Waals surface area contributed by atoms with Gasteiger partial charge in [-0.05, 0) is 51.4 Å². The lowest BCUT2D eigenvalue weighted by atomic mass is 10.1. The predicted octanol–water partition coefficient (Wildman–Crippen LogP) is 13.7. The second-order valence-electron chi connectivity index (χ2n) is 16.6. The molecule has 0 aromatic heterocycles. The number of aliphatic hydroxyl groups excluding tert-OH is 1. The molecule has 2 N–H and O–H groups in total. The zero-order valence-electron chi connectivity index (χ0n) is 39.6. The van der Waals surface area contributed by atoms with Crippen LogP contribution in [0.4, 0.5) is 0 Å². The lowest BCUT2D eigenvalue weighted by molar-refractivity contribution is -0.161. The molecule has 0 rings (SSSR count). The topological polar surface area (TPSA) is 155 Å². The van der Waals surface area contributed by atoms with E-state index in [1.165, 1.54) is 89.9 Å². The van der Waals surface area contributed by atoms with Crippen molar-refractivity contribution in [3.63, 3.8) is 0 Å². The molecule has 0 spiro atoms. The van der Waals surface area contributed by atoms with Crippen LogP contribution in [0, 0.1) is 0 Å². The van der Waals surface area contributed by atoms with Crippen LogP contribution in [0.3, 0.4) is 0 Å². The molecule has 12 heteroatoms. The van der Waals surface area contributed by atoms with Gasteiger partial charge in [0.25, 0.3) is 0 Å². The summed E-state index contributed by atoms with van der Waals surface area (Å²) in [5, 5.41) is 9.74. The lowest BCUT2D eigenvalue weighted by Crippen LogP contribution is -2.30. The summed E-state index contributed by atoms with van der Waals surface area (Å²) in [5.41, 5.74) is 0. The minimum Gasteiger partial charge on any atom is -0.462 e. The lowest BCUT2D eigenvalue weighted by Gasteiger charge is -2.21. The number of carbonyl (C=O) groups is 3. The molecule has 0 bridgehead atoms. The third-order valence-corrected chi connectivity index (χ3v) is 11.5. The van der Waals surface area contributed by atoms with Gasteiger partial charge in [-0.1, -0.05) is 192 Å². The van der Waals surface area contributed by atoms with Crippen molar-refractivity contribution in [2.24, 2.45) is 0 Å². The normalized spacial score (nSPS) is 13.8. The van der Waals surface area contributed by atoms with Crippen molar-refractivity contribution < 1.29 is 52.2 Å². The fraction of sp³-hybridized carbons (Fsp3) is 0.820. The van der Waals surface area contributed by atoms with Crippen LogP contribution in [0.25, 0.3) is 0 Å². The molecular weight excluding hydrogens is 808 g/mol. The quantitative estimate of drug-likeness (QED) is 0.0197. The number of hydrogen-bond acceptors (Lipinski definition) is 10. The minimum atomic E-state index is -4.73. The average molecular weight is 899 g/mol. The summed E-state index contributed by atoms with van der Waals surface area (Å²) < 4.78 is 39.2. The molecule has 0 heterocycles. The summed E-state index contributed by atoms with van der Waals surface area (Å²) in [4.78, 5) is 48.1. The summed E-state index contributed by atoms with van der Waals surface area (Å²) in [6.45, 7) is 4.47. The number of rotatable bonds is 46. The number of allylic oxidation sites excluding steroid dienone is 6. The van der Waals surface area contributed by atoms with Gasteiger partial charge in [0.15, 0.2) is 6.10 Å². The van der Waals surface area contributed by atoms with E-state index >= 15 is 0 Å². The van der Waals surface area contributed by atoms with Gasteiger partial charge in [0.2, 0.25) is 0 Å². The highest BCUT2D eigenvalue weighted by atomic mass is 31.2. The molecule has 0 radical (unpaired) electrons. The van der Waals surface area contributed by atoms with E-state index in [2.05, 4.69) is 57.2 Å². The van der Waals surface area contributed by atoms with Gasteiger partial charge in [-0.2, -0.15) is 0 Å². The summed E-state index contributed by atoms with van der Waals surface area (Å²) in [6, 6.07) is 0. The number of phosphoric ester groups is 1. The van der Waals surface area contributed by atoms with Crippen LogP contribution in [-0.2, 0) is 42.2 Å². The van der Waals surface area contributed by atoms with Crippen LogP contribution < -0.4 is 0 Å². The zero-order valence-corrected chi connectivity index (χ0v) is 40.5. The molecular formula is C50H91O11P. The molecule has 0 fully saturated rings. The van der Waals surface area contributed by atoms with Crippen molar-refractivity contribution in [3.05, 3.63) is 36.5 Å². The maximum absolute atomic E-state index is 12.8. The summed E-state index contributed by atoms with van der Waals surface area (Å²) in [7, 11) is -4.73. The molecule has 0 saturated heterocycles. The van der Waals surface area contributed by atoms with E-state index in [1.807, 2.05) is 0 Å². The van der Waals surface area contributed by atoms with Gasteiger partial charge in [0, 0.05) is 19.3 Å². The molecule has 0 saturated carbocycles. The number of ether oxygens (including phenoxy) is 3. The van der Waals surface area contributed by atoms with Gasteiger partial charge in [-0.25, -0.2) is 4.57 Å². The maximum atomic E-state index is 12.8. The Morgan fingerprint density at radius 1 is 0.468 bits per heavy atom. The van der Waals surface area contributed by atoms with Gasteiger partial charge in [0.1, 0.15) is 12.7 Å². The van der Waals surface area contributed by atoms with Crippen molar-refractivity contribution in [3.8, 4) is 0 Å². The van der Waals surface area contributed by atoms with Gasteiger partial charge >= 0.3 is 25.7 Å². The summed E-state index contributed by atoms with van der Waals surface area (Å²) in [6.07, 6.45) is 42.7. The zero-order chi connectivity index (χ0) is 45.6. The Labute approximate surface area is 378 Å². The predicted molar refractivity (Wildman–Crippen MR) is 252 cm³/mol. The van der Waals surface area contributed by atoms with Crippen molar-refractivity contribution >= 4 is 25.7 Å². The van der Waals surface area contributed by atoms with Gasteiger partial charge in [-0.15, -0.1) is 0 Å². The van der Waals surface area contributed by atoms with E-state index in [-0.39, 0.29) is 25.9 Å². The molecule has 62 heavy (non-hydrogen) atoms. The Bertz CT molecular complexity index is 1190. The Hall–Kier alpha value is -2.30. The second kappa shape index (κ2) is 45.3. The third kappa shape index (κ3) is 43.0. The van der Waals surface area contributed by atoms with Gasteiger partial charge in [-0.3, -0.25) is 23.4 Å². The number of esters is 3. The van der Waals surface area contributed by atoms with E-state index in [4.69, 9.17) is 23.3 Å². The van der Waals surface area contributed by atoms with Crippen LogP contribution in [0.5, 0.6) is 0 Å². The molecule has 362 valence electrons. The molecule has 3 atom stereocenters. The van der Waals surface area contributed by atoms with E-state index < -0.39 is 57.8 Å². The number of phosphoric acid groups is 1. The fourth-order valence-electron chi connectivity index (χ4n) is 6.78. The monoisotopic (exact) mass is 899 g/mol. The standard InChI is InChI=1S/C50H91O11P/c1-4-7-10-13-16-19-22-23-26-27-30-33-36-39-48(52)57-43-47(61-50(54)41-38-35-32-29-25-21-18-15-12-9-6-3)45-59-62(55,56)58-44-46(42-51)60-49(53)40-37-34-31-28-24-20-17-14-11-8-5-2/h7,10,16,19,23,26,46-47,51H,4-6,8-9,11-15,17-18,20-22,24-25,27-45H2,1-3H3,(H,55,56)/b10-7-,19-16-,26-23-. The highest BCUT2D eigenvalue weighted by Gasteiger charge is 2.28. The van der Waals surface area contributed by atoms with Crippen molar-refractivity contribution in [1.82, 2.24) is 0 Å². The van der Waals surface area contributed by atoms with Crippen LogP contribution in [0.1, 0.15) is 226 Å². The minimum absolute atomic E-state index is 0.165. The summed E-state index contributed by atoms with van der Waals surface area (Å²) >= 11 is 0. The number of hydrogen-bond donors (Lipinski definition) is 2. The van der Waals surface area contributed by atoms with E-state index in [0.29, 0.717) is 19.3 Å². The van der Waals surface area contributed by atoms with E-state index in [0.717, 1.165) is 77.0 Å². The van der Waals surface area contributed by atoms with Crippen LogP contribution in [-0.4, -0.2) is 66.5 Å². The molecule has 0 aromatic rings. The van der Waals surface area contributed by atoms with Crippen LogP contribution >= 0.6 is 7.82 Å². The van der Waals surface area contributed by atoms with E-state index in [1.54, 1.807) is 0 Å². The first-order chi connectivity index (χ1) is 30.2. The molecule has 0 amide bonds. The smallest absolute Gasteiger partial charge is 0.462 e. The number of unbranched alkanes of at least 4 members (excludes halogenated alkanes) is 23. The van der Waals surface area contributed by atoms with Crippen LogP contribution in [0.15, 0.2) is 36.5 Å². The Kier molecular flexibility index (Phi) is 43.6. The van der Waals surface area contributed by atoms with E-state index in [9.17, 15) is 28.9 Å². The van der Waals surface area contributed by atoms with Crippen molar-refractivity contribution in [2.75, 3.05) is 26.4 Å². The Morgan fingerprint density at radius 2 is 0.839 bits per heavy atom. The average Bonchev–Trinajstić information content (AvgIpc) is 3.25. The SMILES string of the molecule is CC/C=C\C/C=C\C/C=C\CCCCCC(=O)OCC(COP(=O)(O)OCC(CO)OC(=O)CCCCCCCCCCCCC)OC(=O)CCCCCCCCCCCCC. The Balaban J connectivity index is 4.76. The molecule has 3 unspecified atom stereocenters. The first kappa shape index (κ1) is 59.7. The molecule has 0 aliphatic rings. The molecule has 0 aliphatic carbocycles. The molecule has 11 nitrogen and oxygen atoms in total. The van der Waals surface area contributed by atoms with Crippen molar-refractivity contribution in [2.45, 2.75) is 238 Å². The fourth-order valence-corrected chi connectivity index (χ4v) is 7.57. The first-order valence-corrected chi connectivity index (χ1v) is 26.4. The van der Waals surface area contributed by atoms with Gasteiger partial charge < -0.3 is 24.2 Å². The largest absolute Gasteiger partial charge is 0.472 e. The van der Waals surface area contributed by atoms with Crippen LogP contribution in [0.2, 0.25) is 0 Å². The highest BCUT2D eigenvalue weighted by Crippen LogP contribution is 2.43. The highest BCUT2D eigenvalue weighted by molar-refractivity contribution is 7.47. The first-order valence-electron chi connectivity index (χ1n) is 24.9. The van der Waals surface area contributed by atoms with Gasteiger partial charge in [0.05, 0.1) is 19.8 Å². The summed E-state index contributed by atoms with van der Waals surface area (Å²) in [5.74, 6) is -1.49. The third-order valence-electron chi connectivity index (χ3n) is 10.6. The molecule has 0 aliphatic heterocycles. The second-order valence-corrected chi connectivity index (χ2v) is 18.1. The maximum Gasteiger partial charge on any atom is 0.472 e. The molecule has 0 aromatic carbocycles. The van der Waals surface area contributed by atoms with Crippen molar-refractivity contribution in [1.29, 1.82) is 0 Å².